The van der Waals surface area contributed by atoms with Gasteiger partial charge in [-0.25, -0.2) is 0 Å². The Morgan fingerprint density at radius 2 is 1.76 bits per heavy atom. The van der Waals surface area contributed by atoms with E-state index in [1.807, 2.05) is 63.2 Å². The fraction of sp³-hybridized carbons (Fsp3) is 0.296. The molecule has 0 amide bonds. The highest BCUT2D eigenvalue weighted by molar-refractivity contribution is 5.79. The molecule has 0 atom stereocenters. The first kappa shape index (κ1) is 24.4. The van der Waals surface area contributed by atoms with Crippen LogP contribution in [-0.4, -0.2) is 36.6 Å². The van der Waals surface area contributed by atoms with Crippen LogP contribution in [0.1, 0.15) is 49.3 Å². The molecule has 0 saturated heterocycles. The van der Waals surface area contributed by atoms with Crippen LogP contribution in [0.4, 0.5) is 0 Å². The highest BCUT2D eigenvalue weighted by Gasteiger charge is 2.26. The zero-order chi connectivity index (χ0) is 25.9. The van der Waals surface area contributed by atoms with Gasteiger partial charge < -0.3 is 18.8 Å². The zero-order valence-electron chi connectivity index (χ0n) is 20.9. The highest BCUT2D eigenvalue weighted by atomic mass is 16.5. The molecule has 0 radical (unpaired) electrons. The van der Waals surface area contributed by atoms with Gasteiger partial charge in [0.05, 0.1) is 12.1 Å². The van der Waals surface area contributed by atoms with E-state index in [0.29, 0.717) is 30.7 Å². The average Bonchev–Trinajstić information content (AvgIpc) is 3.54. The Balaban J connectivity index is 1.63. The first-order valence-corrected chi connectivity index (χ1v) is 12.2. The van der Waals surface area contributed by atoms with Gasteiger partial charge >= 0.3 is 0 Å². The largest absolute Gasteiger partial charge is 0.493 e. The molecule has 0 saturated carbocycles. The molecular weight excluding hydrogens is 474 g/mol. The van der Waals surface area contributed by atoms with Crippen LogP contribution in [0.3, 0.4) is 0 Å². The number of aromatic nitrogens is 5. The molecule has 0 aliphatic heterocycles. The second-order valence-electron chi connectivity index (χ2n) is 8.44. The minimum Gasteiger partial charge on any atom is -0.493 e. The molecule has 0 fully saturated rings. The first-order valence-electron chi connectivity index (χ1n) is 12.2. The van der Waals surface area contributed by atoms with Gasteiger partial charge in [0.15, 0.2) is 11.1 Å². The summed E-state index contributed by atoms with van der Waals surface area (Å²) in [5.41, 5.74) is 3.17. The van der Waals surface area contributed by atoms with E-state index < -0.39 is 5.56 Å². The van der Waals surface area contributed by atoms with Crippen molar-refractivity contribution in [3.05, 3.63) is 81.4 Å². The Morgan fingerprint density at radius 1 is 1.00 bits per heavy atom. The Labute approximate surface area is 212 Å². The molecule has 0 aliphatic carbocycles. The van der Waals surface area contributed by atoms with E-state index in [-0.39, 0.29) is 42.1 Å². The average molecular weight is 502 g/mol. The van der Waals surface area contributed by atoms with Crippen LogP contribution >= 0.6 is 0 Å². The number of hydrogen-bond donors (Lipinski definition) is 1. The standard InChI is InChI=1S/C27H27N5O5/c1-4-16-10-9-11-17(5-2)24(16)32-21(15-35-6-3)28-25(33)23(27(32)34)26-30-29-22(36-26)14-19-18-12-7-8-13-20(18)37-31-19/h7-13,34H,4-6,14-15H2,1-3H3. The van der Waals surface area contributed by atoms with Gasteiger partial charge in [0, 0.05) is 12.0 Å². The van der Waals surface area contributed by atoms with Gasteiger partial charge in [-0.1, -0.05) is 49.3 Å². The summed E-state index contributed by atoms with van der Waals surface area (Å²) >= 11 is 0. The second-order valence-corrected chi connectivity index (χ2v) is 8.44. The molecule has 5 rings (SSSR count). The summed E-state index contributed by atoms with van der Waals surface area (Å²) < 4.78 is 18.3. The van der Waals surface area contributed by atoms with Gasteiger partial charge in [-0.15, -0.1) is 10.2 Å². The third-order valence-electron chi connectivity index (χ3n) is 6.21. The van der Waals surface area contributed by atoms with Gasteiger partial charge in [-0.2, -0.15) is 4.98 Å². The molecule has 10 nitrogen and oxygen atoms in total. The molecule has 0 spiro atoms. The minimum absolute atomic E-state index is 0.0507. The molecule has 5 aromatic rings. The van der Waals surface area contributed by atoms with Gasteiger partial charge in [-0.05, 0) is 43.0 Å². The number of benzene rings is 2. The fourth-order valence-corrected chi connectivity index (χ4v) is 4.40. The molecule has 190 valence electrons. The molecule has 3 aromatic heterocycles. The maximum absolute atomic E-state index is 13.1. The Bertz CT molecular complexity index is 1600. The molecule has 1 N–H and O–H groups in total. The number of para-hydroxylation sites is 2. The lowest BCUT2D eigenvalue weighted by Crippen LogP contribution is -2.22. The third kappa shape index (κ3) is 4.51. The number of aryl methyl sites for hydroxylation is 2. The predicted molar refractivity (Wildman–Crippen MR) is 136 cm³/mol. The molecule has 2 aromatic carbocycles. The number of aromatic hydroxyl groups is 1. The third-order valence-corrected chi connectivity index (χ3v) is 6.21. The molecule has 0 bridgehead atoms. The van der Waals surface area contributed by atoms with Crippen molar-refractivity contribution in [1.82, 2.24) is 24.9 Å². The Kier molecular flexibility index (Phi) is 6.82. The van der Waals surface area contributed by atoms with E-state index in [1.165, 1.54) is 0 Å². The van der Waals surface area contributed by atoms with E-state index in [0.717, 1.165) is 22.2 Å². The number of rotatable bonds is 9. The molecule has 0 unspecified atom stereocenters. The maximum atomic E-state index is 13.1. The normalized spacial score (nSPS) is 11.4. The van der Waals surface area contributed by atoms with Crippen LogP contribution in [-0.2, 0) is 30.6 Å². The molecular formula is C27H27N5O5. The number of hydrogen-bond acceptors (Lipinski definition) is 9. The van der Waals surface area contributed by atoms with Crippen molar-refractivity contribution in [2.24, 2.45) is 0 Å². The summed E-state index contributed by atoms with van der Waals surface area (Å²) in [7, 11) is 0. The van der Waals surface area contributed by atoms with Crippen molar-refractivity contribution >= 4 is 11.0 Å². The number of nitrogens with zero attached hydrogens (tertiary/aromatic N) is 5. The number of ether oxygens (including phenoxy) is 1. The topological polar surface area (TPSA) is 129 Å². The van der Waals surface area contributed by atoms with Gasteiger partial charge in [0.1, 0.15) is 18.1 Å². The number of fused-ring (bicyclic) bond motifs is 1. The van der Waals surface area contributed by atoms with Crippen LogP contribution in [0.2, 0.25) is 0 Å². The van der Waals surface area contributed by atoms with Gasteiger partial charge in [-0.3, -0.25) is 9.36 Å². The molecule has 3 heterocycles. The summed E-state index contributed by atoms with van der Waals surface area (Å²) in [4.78, 5) is 17.4. The van der Waals surface area contributed by atoms with Crippen LogP contribution < -0.4 is 5.56 Å². The van der Waals surface area contributed by atoms with Crippen molar-refractivity contribution in [3.63, 3.8) is 0 Å². The molecule has 0 aliphatic rings. The monoisotopic (exact) mass is 501 g/mol. The van der Waals surface area contributed by atoms with Crippen molar-refractivity contribution in [2.45, 2.75) is 46.6 Å². The SMILES string of the molecule is CCOCc1nc(=O)c(-c2nnc(Cc3noc4ccccc34)o2)c(O)n1-c1c(CC)cccc1CC. The lowest BCUT2D eigenvalue weighted by molar-refractivity contribution is 0.125. The van der Waals surface area contributed by atoms with Crippen molar-refractivity contribution in [1.29, 1.82) is 0 Å². The van der Waals surface area contributed by atoms with E-state index in [1.54, 1.807) is 4.57 Å². The minimum atomic E-state index is -0.683. The van der Waals surface area contributed by atoms with E-state index in [9.17, 15) is 9.90 Å². The van der Waals surface area contributed by atoms with E-state index in [4.69, 9.17) is 13.7 Å². The lowest BCUT2D eigenvalue weighted by atomic mass is 10.0. The van der Waals surface area contributed by atoms with Crippen molar-refractivity contribution in [2.75, 3.05) is 6.61 Å². The summed E-state index contributed by atoms with van der Waals surface area (Å²) in [5.74, 6) is 0.0624. The summed E-state index contributed by atoms with van der Waals surface area (Å²) in [6.07, 6.45) is 1.64. The maximum Gasteiger partial charge on any atom is 0.289 e. The second kappa shape index (κ2) is 10.4. The van der Waals surface area contributed by atoms with Gasteiger partial charge in [0.25, 0.3) is 11.4 Å². The van der Waals surface area contributed by atoms with Crippen LogP contribution in [0.5, 0.6) is 5.88 Å². The highest BCUT2D eigenvalue weighted by Crippen LogP contribution is 2.32. The summed E-state index contributed by atoms with van der Waals surface area (Å²) in [5, 5.41) is 24.6. The summed E-state index contributed by atoms with van der Waals surface area (Å²) in [6, 6.07) is 13.4. The lowest BCUT2D eigenvalue weighted by Gasteiger charge is -2.21. The molecule has 10 heteroatoms. The predicted octanol–water partition coefficient (Wildman–Crippen LogP) is 4.38. The first-order chi connectivity index (χ1) is 18.0. The smallest absolute Gasteiger partial charge is 0.289 e. The van der Waals surface area contributed by atoms with Gasteiger partial charge in [0.2, 0.25) is 11.8 Å². The van der Waals surface area contributed by atoms with E-state index in [2.05, 4.69) is 20.3 Å². The Morgan fingerprint density at radius 3 is 2.49 bits per heavy atom. The van der Waals surface area contributed by atoms with Crippen molar-refractivity contribution < 1.29 is 18.8 Å². The zero-order valence-corrected chi connectivity index (χ0v) is 20.9. The quantitative estimate of drug-likeness (QED) is 0.313. The van der Waals surface area contributed by atoms with Crippen LogP contribution in [0.25, 0.3) is 28.1 Å². The fourth-order valence-electron chi connectivity index (χ4n) is 4.40. The van der Waals surface area contributed by atoms with E-state index >= 15 is 0 Å². The Hall–Kier alpha value is -4.31. The molecule has 37 heavy (non-hydrogen) atoms. The van der Waals surface area contributed by atoms with Crippen molar-refractivity contribution in [3.8, 4) is 23.0 Å². The van der Waals surface area contributed by atoms with Crippen LogP contribution in [0, 0.1) is 0 Å². The van der Waals surface area contributed by atoms with Crippen LogP contribution in [0.15, 0.2) is 56.2 Å². The summed E-state index contributed by atoms with van der Waals surface area (Å²) in [6.45, 7) is 6.40.